The van der Waals surface area contributed by atoms with E-state index >= 15 is 0 Å². The van der Waals surface area contributed by atoms with Crippen molar-refractivity contribution >= 4 is 0 Å². The zero-order valence-corrected chi connectivity index (χ0v) is 16.0. The van der Waals surface area contributed by atoms with Gasteiger partial charge in [0.1, 0.15) is 5.60 Å². The molecule has 0 amide bonds. The number of allylic oxidation sites excluding steroid dienone is 2. The first-order valence-electron chi connectivity index (χ1n) is 10.5. The molecule has 0 bridgehead atoms. The molecule has 1 nitrogen and oxygen atoms in total. The smallest absolute Gasteiger partial charge is 0.266 e. The van der Waals surface area contributed by atoms with E-state index in [9.17, 15) is 13.9 Å². The maximum atomic E-state index is 13.3. The highest BCUT2D eigenvalue weighted by atomic mass is 19.3. The van der Waals surface area contributed by atoms with Crippen LogP contribution in [0.3, 0.4) is 0 Å². The van der Waals surface area contributed by atoms with Gasteiger partial charge in [-0.3, -0.25) is 0 Å². The number of aliphatic hydroxyl groups is 1. The molecular formula is C22H34F2O. The van der Waals surface area contributed by atoms with Crippen LogP contribution < -0.4 is 0 Å². The maximum absolute atomic E-state index is 13.3. The average molecular weight is 353 g/mol. The van der Waals surface area contributed by atoms with Crippen molar-refractivity contribution in [3.63, 3.8) is 0 Å². The van der Waals surface area contributed by atoms with Gasteiger partial charge in [0.25, 0.3) is 6.43 Å². The SMILES string of the molecule is CC=C1C(C)C[C@H]2[C@@H]3CC[C@H]4C[C@@](O)(C(F)F)CC[C@@H]4[C@H]3CC[C@]12C. The third kappa shape index (κ3) is 2.55. The van der Waals surface area contributed by atoms with E-state index in [1.54, 1.807) is 5.57 Å². The van der Waals surface area contributed by atoms with Crippen LogP contribution >= 0.6 is 0 Å². The van der Waals surface area contributed by atoms with Gasteiger partial charge < -0.3 is 5.11 Å². The second kappa shape index (κ2) is 6.04. The molecule has 25 heavy (non-hydrogen) atoms. The maximum Gasteiger partial charge on any atom is 0.266 e. The third-order valence-corrected chi connectivity index (χ3v) is 8.95. The quantitative estimate of drug-likeness (QED) is 0.589. The minimum Gasteiger partial charge on any atom is -0.384 e. The Morgan fingerprint density at radius 3 is 2.48 bits per heavy atom. The molecule has 1 N–H and O–H groups in total. The number of rotatable bonds is 1. The Morgan fingerprint density at radius 2 is 1.80 bits per heavy atom. The van der Waals surface area contributed by atoms with Crippen LogP contribution in [-0.2, 0) is 0 Å². The fraction of sp³-hybridized carbons (Fsp3) is 0.909. The summed E-state index contributed by atoms with van der Waals surface area (Å²) in [5, 5.41) is 10.3. The Balaban J connectivity index is 1.55. The molecule has 4 saturated carbocycles. The first-order valence-corrected chi connectivity index (χ1v) is 10.5. The van der Waals surface area contributed by atoms with E-state index in [4.69, 9.17) is 0 Å². The van der Waals surface area contributed by atoms with E-state index in [-0.39, 0.29) is 0 Å². The highest BCUT2D eigenvalue weighted by Crippen LogP contribution is 2.65. The lowest BCUT2D eigenvalue weighted by Gasteiger charge is -2.56. The Kier molecular flexibility index (Phi) is 4.34. The summed E-state index contributed by atoms with van der Waals surface area (Å²) in [6.45, 7) is 7.09. The highest BCUT2D eigenvalue weighted by Gasteiger charge is 2.58. The van der Waals surface area contributed by atoms with Gasteiger partial charge in [0.15, 0.2) is 0 Å². The minimum absolute atomic E-state index is 0.299. The molecule has 4 aliphatic carbocycles. The van der Waals surface area contributed by atoms with E-state index in [1.807, 2.05) is 0 Å². The van der Waals surface area contributed by atoms with E-state index in [0.29, 0.717) is 41.9 Å². The molecule has 4 rings (SSSR count). The Hall–Kier alpha value is -0.440. The highest BCUT2D eigenvalue weighted by molar-refractivity contribution is 5.25. The molecule has 0 aromatic rings. The molecule has 142 valence electrons. The van der Waals surface area contributed by atoms with Gasteiger partial charge in [0.2, 0.25) is 0 Å². The van der Waals surface area contributed by atoms with Gasteiger partial charge in [-0.2, -0.15) is 0 Å². The third-order valence-electron chi connectivity index (χ3n) is 8.95. The minimum atomic E-state index is -2.59. The molecule has 8 atom stereocenters. The molecule has 0 heterocycles. The molecule has 0 saturated heterocycles. The van der Waals surface area contributed by atoms with E-state index < -0.39 is 12.0 Å². The summed E-state index contributed by atoms with van der Waals surface area (Å²) in [6.07, 6.45) is 7.31. The summed E-state index contributed by atoms with van der Waals surface area (Å²) in [6, 6.07) is 0. The van der Waals surface area contributed by atoms with Crippen LogP contribution in [-0.4, -0.2) is 17.1 Å². The van der Waals surface area contributed by atoms with Crippen molar-refractivity contribution in [3.05, 3.63) is 11.6 Å². The zero-order chi connectivity index (χ0) is 18.0. The molecule has 0 aromatic carbocycles. The van der Waals surface area contributed by atoms with Crippen LogP contribution in [0.1, 0.15) is 72.1 Å². The molecule has 0 aliphatic heterocycles. The van der Waals surface area contributed by atoms with Gasteiger partial charge in [-0.1, -0.05) is 25.5 Å². The van der Waals surface area contributed by atoms with Gasteiger partial charge in [-0.15, -0.1) is 0 Å². The summed E-state index contributed by atoms with van der Waals surface area (Å²) in [5.74, 6) is 3.86. The predicted molar refractivity (Wildman–Crippen MR) is 96.4 cm³/mol. The first kappa shape index (κ1) is 17.9. The molecule has 4 aliphatic rings. The lowest BCUT2D eigenvalue weighted by molar-refractivity contribution is -0.157. The van der Waals surface area contributed by atoms with Gasteiger partial charge in [0.05, 0.1) is 0 Å². The van der Waals surface area contributed by atoms with Crippen LogP contribution in [0.4, 0.5) is 8.78 Å². The van der Waals surface area contributed by atoms with E-state index in [0.717, 1.165) is 24.7 Å². The molecule has 0 spiro atoms. The molecule has 1 unspecified atom stereocenters. The fourth-order valence-electron chi connectivity index (χ4n) is 7.91. The second-order valence-corrected chi connectivity index (χ2v) is 9.92. The Morgan fingerprint density at radius 1 is 1.08 bits per heavy atom. The van der Waals surface area contributed by atoms with Crippen LogP contribution in [0.15, 0.2) is 11.6 Å². The lowest BCUT2D eigenvalue weighted by Crippen LogP contribution is -2.52. The van der Waals surface area contributed by atoms with Crippen molar-refractivity contribution < 1.29 is 13.9 Å². The standard InChI is InChI=1S/C22H34F2O/c1-4-18-13(2)11-19-17-6-5-14-12-22(25,20(23)24)10-8-15(14)16(17)7-9-21(18,19)3/h4,13-17,19-20,25H,5-12H2,1-3H3/t13?,14-,15-,16+,17+,19-,21+,22+/m0/s1. The van der Waals surface area contributed by atoms with Gasteiger partial charge in [-0.05, 0) is 99.2 Å². The van der Waals surface area contributed by atoms with Crippen molar-refractivity contribution in [1.29, 1.82) is 0 Å². The number of fused-ring (bicyclic) bond motifs is 5. The van der Waals surface area contributed by atoms with Crippen molar-refractivity contribution in [2.24, 2.45) is 40.9 Å². The summed E-state index contributed by atoms with van der Waals surface area (Å²) in [7, 11) is 0. The van der Waals surface area contributed by atoms with Crippen molar-refractivity contribution in [1.82, 2.24) is 0 Å². The molecule has 3 heteroatoms. The normalized spacial score (nSPS) is 54.3. The largest absolute Gasteiger partial charge is 0.384 e. The summed E-state index contributed by atoms with van der Waals surface area (Å²) in [5.41, 5.74) is 0.339. The van der Waals surface area contributed by atoms with Crippen LogP contribution in [0, 0.1) is 40.9 Å². The average Bonchev–Trinajstić information content (AvgIpc) is 2.83. The predicted octanol–water partition coefficient (Wildman–Crippen LogP) is 5.83. The fourth-order valence-corrected chi connectivity index (χ4v) is 7.91. The van der Waals surface area contributed by atoms with E-state index in [2.05, 4.69) is 26.8 Å². The van der Waals surface area contributed by atoms with Crippen molar-refractivity contribution in [2.45, 2.75) is 84.2 Å². The summed E-state index contributed by atoms with van der Waals surface area (Å²) < 4.78 is 26.6. The summed E-state index contributed by atoms with van der Waals surface area (Å²) in [4.78, 5) is 0. The van der Waals surface area contributed by atoms with Gasteiger partial charge in [0, 0.05) is 0 Å². The summed E-state index contributed by atoms with van der Waals surface area (Å²) >= 11 is 0. The zero-order valence-electron chi connectivity index (χ0n) is 16.0. The monoisotopic (exact) mass is 352 g/mol. The van der Waals surface area contributed by atoms with Crippen LogP contribution in [0.5, 0.6) is 0 Å². The van der Waals surface area contributed by atoms with Crippen LogP contribution in [0.2, 0.25) is 0 Å². The molecule has 4 fully saturated rings. The molecular weight excluding hydrogens is 318 g/mol. The van der Waals surface area contributed by atoms with Crippen molar-refractivity contribution in [3.8, 4) is 0 Å². The Bertz CT molecular complexity index is 558. The van der Waals surface area contributed by atoms with Gasteiger partial charge >= 0.3 is 0 Å². The number of alkyl halides is 2. The number of hydrogen-bond acceptors (Lipinski definition) is 1. The first-order chi connectivity index (χ1) is 11.8. The van der Waals surface area contributed by atoms with Gasteiger partial charge in [-0.25, -0.2) is 8.78 Å². The van der Waals surface area contributed by atoms with Crippen LogP contribution in [0.25, 0.3) is 0 Å². The second-order valence-electron chi connectivity index (χ2n) is 9.92. The molecule has 0 radical (unpaired) electrons. The van der Waals surface area contributed by atoms with E-state index in [1.165, 1.54) is 25.7 Å². The van der Waals surface area contributed by atoms with Crippen molar-refractivity contribution in [2.75, 3.05) is 0 Å². The molecule has 0 aromatic heterocycles. The number of halogens is 2. The lowest BCUT2D eigenvalue weighted by atomic mass is 9.49. The Labute approximate surface area is 151 Å². The topological polar surface area (TPSA) is 20.2 Å². The number of hydrogen-bond donors (Lipinski definition) is 1.